The molecular formula is C12H10IN5O2. The molecule has 0 saturated heterocycles. The largest absolute Gasteiger partial charge is 0.504 e. The molecule has 102 valence electrons. The molecule has 1 aromatic carbocycles. The fourth-order valence-corrected chi connectivity index (χ4v) is 2.28. The van der Waals surface area contributed by atoms with Crippen LogP contribution in [-0.2, 0) is 0 Å². The number of hydrogen-bond acceptors (Lipinski definition) is 7. The van der Waals surface area contributed by atoms with Gasteiger partial charge < -0.3 is 21.3 Å². The van der Waals surface area contributed by atoms with E-state index in [1.807, 2.05) is 28.7 Å². The highest BCUT2D eigenvalue weighted by Crippen LogP contribution is 2.37. The van der Waals surface area contributed by atoms with Crippen molar-refractivity contribution in [3.63, 3.8) is 0 Å². The molecule has 20 heavy (non-hydrogen) atoms. The van der Waals surface area contributed by atoms with Crippen LogP contribution >= 0.6 is 22.6 Å². The Morgan fingerprint density at radius 3 is 2.65 bits per heavy atom. The maximum absolute atomic E-state index is 9.82. The molecule has 0 amide bonds. The van der Waals surface area contributed by atoms with Crippen molar-refractivity contribution in [2.75, 3.05) is 18.6 Å². The van der Waals surface area contributed by atoms with E-state index in [1.54, 1.807) is 12.1 Å². The predicted octanol–water partition coefficient (Wildman–Crippen LogP) is 1.50. The summed E-state index contributed by atoms with van der Waals surface area (Å²) in [4.78, 5) is 7.80. The molecule has 5 N–H and O–H groups in total. The number of nitrogen functional groups attached to an aromatic ring is 2. The van der Waals surface area contributed by atoms with Crippen LogP contribution in [-0.4, -0.2) is 22.2 Å². The van der Waals surface area contributed by atoms with Gasteiger partial charge in [0.05, 0.1) is 16.4 Å². The lowest BCUT2D eigenvalue weighted by molar-refractivity contribution is 0.372. The molecular weight excluding hydrogens is 373 g/mol. The highest BCUT2D eigenvalue weighted by molar-refractivity contribution is 14.1. The topological polar surface area (TPSA) is 131 Å². The van der Waals surface area contributed by atoms with Crippen LogP contribution in [0.4, 0.5) is 11.8 Å². The summed E-state index contributed by atoms with van der Waals surface area (Å²) in [5.74, 6) is 0.271. The average Bonchev–Trinajstić information content (AvgIpc) is 2.41. The second-order valence-corrected chi connectivity index (χ2v) is 4.97. The highest BCUT2D eigenvalue weighted by Gasteiger charge is 2.16. The maximum Gasteiger partial charge on any atom is 0.222 e. The van der Waals surface area contributed by atoms with E-state index in [1.165, 1.54) is 7.11 Å². The number of ether oxygens (including phenoxy) is 1. The van der Waals surface area contributed by atoms with Crippen molar-refractivity contribution in [3.05, 3.63) is 21.3 Å². The Balaban J connectivity index is 2.75. The number of nitriles is 1. The lowest BCUT2D eigenvalue weighted by atomic mass is 10.1. The predicted molar refractivity (Wildman–Crippen MR) is 81.9 cm³/mol. The zero-order valence-electron chi connectivity index (χ0n) is 10.4. The summed E-state index contributed by atoms with van der Waals surface area (Å²) in [5, 5.41) is 19.0. The van der Waals surface area contributed by atoms with E-state index in [0.717, 1.165) is 0 Å². The van der Waals surface area contributed by atoms with Gasteiger partial charge in [0.2, 0.25) is 5.95 Å². The first-order valence-electron chi connectivity index (χ1n) is 5.38. The zero-order chi connectivity index (χ0) is 14.9. The summed E-state index contributed by atoms with van der Waals surface area (Å²) in [6, 6.07) is 5.16. The Labute approximate surface area is 128 Å². The Hall–Kier alpha value is -2.28. The number of phenolic OH excluding ortho intramolecular Hbond substituents is 1. The van der Waals surface area contributed by atoms with Crippen LogP contribution < -0.4 is 16.2 Å². The van der Waals surface area contributed by atoms with Crippen LogP contribution in [0.15, 0.2) is 12.1 Å². The molecule has 0 bridgehead atoms. The molecule has 0 fully saturated rings. The zero-order valence-corrected chi connectivity index (χ0v) is 12.5. The van der Waals surface area contributed by atoms with E-state index in [-0.39, 0.29) is 28.8 Å². The van der Waals surface area contributed by atoms with Gasteiger partial charge in [-0.25, -0.2) is 4.98 Å². The van der Waals surface area contributed by atoms with Gasteiger partial charge in [-0.3, -0.25) is 0 Å². The number of rotatable bonds is 2. The summed E-state index contributed by atoms with van der Waals surface area (Å²) < 4.78 is 5.63. The van der Waals surface area contributed by atoms with Crippen LogP contribution in [0.3, 0.4) is 0 Å². The fourth-order valence-electron chi connectivity index (χ4n) is 1.68. The molecule has 0 aliphatic heterocycles. The number of aromatic nitrogens is 2. The number of aromatic hydroxyl groups is 1. The van der Waals surface area contributed by atoms with Gasteiger partial charge in [-0.05, 0) is 34.7 Å². The normalized spacial score (nSPS) is 10.1. The first kappa shape index (κ1) is 14.1. The lowest BCUT2D eigenvalue weighted by Crippen LogP contribution is -2.05. The molecule has 0 aliphatic carbocycles. The van der Waals surface area contributed by atoms with Crippen LogP contribution in [0.25, 0.3) is 11.3 Å². The molecule has 0 atom stereocenters. The Bertz CT molecular complexity index is 727. The minimum Gasteiger partial charge on any atom is -0.504 e. The molecule has 1 aromatic heterocycles. The summed E-state index contributed by atoms with van der Waals surface area (Å²) in [7, 11) is 1.43. The maximum atomic E-state index is 9.82. The highest BCUT2D eigenvalue weighted by atomic mass is 127. The molecule has 0 saturated carbocycles. The van der Waals surface area contributed by atoms with Gasteiger partial charge in [0, 0.05) is 5.56 Å². The molecule has 0 aliphatic rings. The number of benzene rings is 1. The fraction of sp³-hybridized carbons (Fsp3) is 0.0833. The molecule has 0 unspecified atom stereocenters. The molecule has 2 rings (SSSR count). The molecule has 1 heterocycles. The van der Waals surface area contributed by atoms with Gasteiger partial charge in [0.1, 0.15) is 17.5 Å². The SMILES string of the molecule is COc1cc(-c2nc(N)nc(N)c2C#N)cc(I)c1O. The minimum atomic E-state index is -0.0291. The van der Waals surface area contributed by atoms with Crippen molar-refractivity contribution in [3.8, 4) is 28.8 Å². The number of phenols is 1. The van der Waals surface area contributed by atoms with Crippen molar-refractivity contribution < 1.29 is 9.84 Å². The molecule has 7 nitrogen and oxygen atoms in total. The van der Waals surface area contributed by atoms with Crippen LogP contribution in [0.1, 0.15) is 5.56 Å². The van der Waals surface area contributed by atoms with E-state index in [9.17, 15) is 5.11 Å². The van der Waals surface area contributed by atoms with Gasteiger partial charge in [-0.1, -0.05) is 0 Å². The molecule has 2 aromatic rings. The van der Waals surface area contributed by atoms with Crippen LogP contribution in [0.2, 0.25) is 0 Å². The summed E-state index contributed by atoms with van der Waals surface area (Å²) in [5.41, 5.74) is 12.2. The number of nitrogens with two attached hydrogens (primary N) is 2. The second kappa shape index (κ2) is 5.38. The second-order valence-electron chi connectivity index (χ2n) is 3.81. The monoisotopic (exact) mass is 383 g/mol. The van der Waals surface area contributed by atoms with Gasteiger partial charge in [0.25, 0.3) is 0 Å². The van der Waals surface area contributed by atoms with Gasteiger partial charge in [-0.2, -0.15) is 10.2 Å². The third kappa shape index (κ3) is 2.39. The Morgan fingerprint density at radius 1 is 1.35 bits per heavy atom. The third-order valence-corrected chi connectivity index (χ3v) is 3.41. The molecule has 0 spiro atoms. The van der Waals surface area contributed by atoms with E-state index < -0.39 is 0 Å². The average molecular weight is 383 g/mol. The minimum absolute atomic E-state index is 0.0112. The first-order chi connectivity index (χ1) is 9.47. The van der Waals surface area contributed by atoms with Gasteiger partial charge in [-0.15, -0.1) is 0 Å². The Morgan fingerprint density at radius 2 is 2.05 bits per heavy atom. The number of nitrogens with zero attached hydrogens (tertiary/aromatic N) is 3. The number of halogens is 1. The number of methoxy groups -OCH3 is 1. The van der Waals surface area contributed by atoms with Crippen LogP contribution in [0, 0.1) is 14.9 Å². The summed E-state index contributed by atoms with van der Waals surface area (Å²) in [6.45, 7) is 0. The molecule has 0 radical (unpaired) electrons. The van der Waals surface area contributed by atoms with Crippen molar-refractivity contribution in [1.82, 2.24) is 9.97 Å². The number of hydrogen-bond donors (Lipinski definition) is 3. The summed E-state index contributed by atoms with van der Waals surface area (Å²) in [6.07, 6.45) is 0. The van der Waals surface area contributed by atoms with Crippen molar-refractivity contribution in [2.45, 2.75) is 0 Å². The van der Waals surface area contributed by atoms with Crippen molar-refractivity contribution in [2.24, 2.45) is 0 Å². The lowest BCUT2D eigenvalue weighted by Gasteiger charge is -2.10. The quantitative estimate of drug-likeness (QED) is 0.670. The third-order valence-electron chi connectivity index (χ3n) is 2.59. The summed E-state index contributed by atoms with van der Waals surface area (Å²) >= 11 is 1.95. The van der Waals surface area contributed by atoms with Gasteiger partial charge >= 0.3 is 0 Å². The molecule has 8 heteroatoms. The number of anilines is 2. The Kier molecular flexibility index (Phi) is 3.80. The standard InChI is InChI=1S/C12H10IN5O2/c1-20-8-3-5(2-7(13)10(8)19)9-6(4-14)11(15)18-12(16)17-9/h2-3,19H,1H3,(H4,15,16,17,18). The van der Waals surface area contributed by atoms with E-state index >= 15 is 0 Å². The first-order valence-corrected chi connectivity index (χ1v) is 6.45. The van der Waals surface area contributed by atoms with Crippen molar-refractivity contribution in [1.29, 1.82) is 5.26 Å². The van der Waals surface area contributed by atoms with E-state index in [0.29, 0.717) is 14.8 Å². The van der Waals surface area contributed by atoms with E-state index in [4.69, 9.17) is 21.5 Å². The van der Waals surface area contributed by atoms with E-state index in [2.05, 4.69) is 9.97 Å². The van der Waals surface area contributed by atoms with Crippen molar-refractivity contribution >= 4 is 34.4 Å². The smallest absolute Gasteiger partial charge is 0.222 e. The van der Waals surface area contributed by atoms with Gasteiger partial charge in [0.15, 0.2) is 11.5 Å². The van der Waals surface area contributed by atoms with Crippen LogP contribution in [0.5, 0.6) is 11.5 Å².